The molecule has 1 aromatic rings. The second-order valence-corrected chi connectivity index (χ2v) is 2.61. The number of nitrogens with two attached hydrogens (primary N) is 1. The van der Waals surface area contributed by atoms with Crippen molar-refractivity contribution in [3.05, 3.63) is 29.3 Å². The number of aryl methyl sites for hydroxylation is 1. The van der Waals surface area contributed by atoms with Crippen molar-refractivity contribution in [1.29, 1.82) is 0 Å². The van der Waals surface area contributed by atoms with Crippen molar-refractivity contribution in [3.8, 4) is 0 Å². The molecule has 0 fully saturated rings. The molecule has 1 atom stereocenters. The summed E-state index contributed by atoms with van der Waals surface area (Å²) in [5.41, 5.74) is 6.22. The van der Waals surface area contributed by atoms with Crippen molar-refractivity contribution in [3.63, 3.8) is 0 Å². The summed E-state index contributed by atoms with van der Waals surface area (Å²) in [6.45, 7) is 1.44. The van der Waals surface area contributed by atoms with Gasteiger partial charge in [0.15, 0.2) is 0 Å². The quantitative estimate of drug-likeness (QED) is 0.680. The van der Waals surface area contributed by atoms with E-state index in [-0.39, 0.29) is 12.3 Å². The highest BCUT2D eigenvalue weighted by atomic mass is 19.1. The molecule has 0 aromatic carbocycles. The first-order valence-corrected chi connectivity index (χ1v) is 3.64. The Morgan fingerprint density at radius 1 is 1.67 bits per heavy atom. The molecular weight excluding hydrogens is 159 g/mol. The number of hydrogen-bond acceptors (Lipinski definition) is 3. The molecule has 0 aliphatic heterocycles. The Bertz CT molecular complexity index is 278. The Morgan fingerprint density at radius 2 is 2.33 bits per heavy atom. The summed E-state index contributed by atoms with van der Waals surface area (Å²) in [6, 6.07) is 2.13. The number of rotatable bonds is 2. The highest BCUT2D eigenvalue weighted by Crippen LogP contribution is 2.11. The van der Waals surface area contributed by atoms with E-state index in [4.69, 9.17) is 10.8 Å². The maximum absolute atomic E-state index is 13.0. The van der Waals surface area contributed by atoms with Crippen LogP contribution in [0.5, 0.6) is 0 Å². The van der Waals surface area contributed by atoms with E-state index in [1.165, 1.54) is 6.07 Å². The molecule has 66 valence electrons. The smallest absolute Gasteiger partial charge is 0.146 e. The molecule has 0 radical (unpaired) electrons. The van der Waals surface area contributed by atoms with Crippen molar-refractivity contribution in [2.75, 3.05) is 6.61 Å². The first kappa shape index (κ1) is 9.09. The van der Waals surface area contributed by atoms with Gasteiger partial charge in [0.25, 0.3) is 0 Å². The maximum atomic E-state index is 13.0. The lowest BCUT2D eigenvalue weighted by Gasteiger charge is -2.08. The van der Waals surface area contributed by atoms with Crippen molar-refractivity contribution in [1.82, 2.24) is 4.98 Å². The molecule has 0 saturated heterocycles. The van der Waals surface area contributed by atoms with E-state index in [2.05, 4.69) is 4.98 Å². The van der Waals surface area contributed by atoms with Crippen molar-refractivity contribution >= 4 is 0 Å². The van der Waals surface area contributed by atoms with Gasteiger partial charge in [-0.2, -0.15) is 0 Å². The van der Waals surface area contributed by atoms with Crippen LogP contribution < -0.4 is 5.73 Å². The van der Waals surface area contributed by atoms with Gasteiger partial charge in [-0.05, 0) is 19.1 Å². The van der Waals surface area contributed by atoms with E-state index in [1.807, 2.05) is 0 Å². The summed E-state index contributed by atoms with van der Waals surface area (Å²) >= 11 is 0. The molecule has 4 heteroatoms. The summed E-state index contributed by atoms with van der Waals surface area (Å²) in [6.07, 6.45) is 0. The van der Waals surface area contributed by atoms with Gasteiger partial charge in [0, 0.05) is 5.69 Å². The zero-order valence-electron chi connectivity index (χ0n) is 6.79. The van der Waals surface area contributed by atoms with Gasteiger partial charge >= 0.3 is 0 Å². The molecule has 0 aliphatic rings. The molecule has 0 bridgehead atoms. The minimum atomic E-state index is -0.732. The average Bonchev–Trinajstić information content (AvgIpc) is 2.08. The molecule has 0 spiro atoms. The third-order valence-electron chi connectivity index (χ3n) is 1.56. The number of pyridine rings is 1. The summed E-state index contributed by atoms with van der Waals surface area (Å²) in [5, 5.41) is 8.67. The molecule has 0 saturated carbocycles. The van der Waals surface area contributed by atoms with E-state index in [0.717, 1.165) is 0 Å². The summed E-state index contributed by atoms with van der Waals surface area (Å²) in [5.74, 6) is -0.470. The number of halogens is 1. The number of nitrogens with zero attached hydrogens (tertiary/aromatic N) is 1. The van der Waals surface area contributed by atoms with E-state index in [0.29, 0.717) is 5.69 Å². The van der Waals surface area contributed by atoms with E-state index in [9.17, 15) is 4.39 Å². The average molecular weight is 170 g/mol. The fourth-order valence-corrected chi connectivity index (χ4v) is 0.906. The fourth-order valence-electron chi connectivity index (χ4n) is 0.906. The van der Waals surface area contributed by atoms with Gasteiger partial charge in [-0.3, -0.25) is 4.98 Å². The zero-order chi connectivity index (χ0) is 9.14. The topological polar surface area (TPSA) is 59.1 Å². The predicted molar refractivity (Wildman–Crippen MR) is 42.9 cm³/mol. The van der Waals surface area contributed by atoms with Gasteiger partial charge in [-0.15, -0.1) is 0 Å². The van der Waals surface area contributed by atoms with Crippen LogP contribution in [0.25, 0.3) is 0 Å². The Labute approximate surface area is 70.0 Å². The van der Waals surface area contributed by atoms with Crippen molar-refractivity contribution in [2.45, 2.75) is 13.0 Å². The number of aliphatic hydroxyl groups is 1. The molecule has 1 rings (SSSR count). The summed E-state index contributed by atoms with van der Waals surface area (Å²) < 4.78 is 13.0. The first-order valence-electron chi connectivity index (χ1n) is 3.64. The molecule has 1 heterocycles. The second kappa shape index (κ2) is 3.60. The van der Waals surface area contributed by atoms with Gasteiger partial charge in [-0.25, -0.2) is 4.39 Å². The largest absolute Gasteiger partial charge is 0.394 e. The van der Waals surface area contributed by atoms with Gasteiger partial charge in [0.1, 0.15) is 5.82 Å². The monoisotopic (exact) mass is 170 g/mol. The van der Waals surface area contributed by atoms with Gasteiger partial charge in [-0.1, -0.05) is 0 Å². The zero-order valence-corrected chi connectivity index (χ0v) is 6.79. The standard InChI is InChI=1S/C8H11FN2O/c1-5-2-3-6(9)8(11-5)7(10)4-12/h2-3,7,12H,4,10H2,1H3. The third-order valence-corrected chi connectivity index (χ3v) is 1.56. The molecule has 3 N–H and O–H groups in total. The molecular formula is C8H11FN2O. The highest BCUT2D eigenvalue weighted by molar-refractivity contribution is 5.15. The van der Waals surface area contributed by atoms with Crippen LogP contribution in [-0.4, -0.2) is 16.7 Å². The molecule has 0 aliphatic carbocycles. The van der Waals surface area contributed by atoms with Crippen molar-refractivity contribution < 1.29 is 9.50 Å². The summed E-state index contributed by atoms with van der Waals surface area (Å²) in [7, 11) is 0. The fraction of sp³-hybridized carbons (Fsp3) is 0.375. The normalized spacial score (nSPS) is 13.0. The number of hydrogen-bond donors (Lipinski definition) is 2. The molecule has 3 nitrogen and oxygen atoms in total. The Hall–Kier alpha value is -1.00. The SMILES string of the molecule is Cc1ccc(F)c(C(N)CO)n1. The van der Waals surface area contributed by atoms with Gasteiger partial charge < -0.3 is 10.8 Å². The molecule has 1 aromatic heterocycles. The lowest BCUT2D eigenvalue weighted by molar-refractivity contribution is 0.262. The minimum absolute atomic E-state index is 0.123. The lowest BCUT2D eigenvalue weighted by Crippen LogP contribution is -2.18. The Morgan fingerprint density at radius 3 is 2.92 bits per heavy atom. The number of aromatic nitrogens is 1. The van der Waals surface area contributed by atoms with Gasteiger partial charge in [0.05, 0.1) is 18.3 Å². The van der Waals surface area contributed by atoms with Crippen LogP contribution in [-0.2, 0) is 0 Å². The Balaban J connectivity index is 3.04. The van der Waals surface area contributed by atoms with Gasteiger partial charge in [0.2, 0.25) is 0 Å². The highest BCUT2D eigenvalue weighted by Gasteiger charge is 2.11. The second-order valence-electron chi connectivity index (χ2n) is 2.61. The van der Waals surface area contributed by atoms with E-state index >= 15 is 0 Å². The predicted octanol–water partition coefficient (Wildman–Crippen LogP) is 0.521. The van der Waals surface area contributed by atoms with Crippen molar-refractivity contribution in [2.24, 2.45) is 5.73 Å². The maximum Gasteiger partial charge on any atom is 0.146 e. The lowest BCUT2D eigenvalue weighted by atomic mass is 10.2. The van der Waals surface area contributed by atoms with Crippen LogP contribution in [0.15, 0.2) is 12.1 Å². The molecule has 1 unspecified atom stereocenters. The van der Waals surface area contributed by atoms with Crippen LogP contribution in [0.1, 0.15) is 17.4 Å². The first-order chi connectivity index (χ1) is 5.65. The van der Waals surface area contributed by atoms with Crippen LogP contribution in [0, 0.1) is 12.7 Å². The minimum Gasteiger partial charge on any atom is -0.394 e. The summed E-state index contributed by atoms with van der Waals surface area (Å²) in [4.78, 5) is 3.88. The molecule has 0 amide bonds. The van der Waals surface area contributed by atoms with Crippen LogP contribution in [0.4, 0.5) is 4.39 Å². The number of aliphatic hydroxyl groups excluding tert-OH is 1. The molecule has 12 heavy (non-hydrogen) atoms. The van der Waals surface area contributed by atoms with Crippen LogP contribution >= 0.6 is 0 Å². The Kier molecular flexibility index (Phi) is 2.73. The van der Waals surface area contributed by atoms with Crippen LogP contribution in [0.3, 0.4) is 0 Å². The van der Waals surface area contributed by atoms with Crippen LogP contribution in [0.2, 0.25) is 0 Å². The van der Waals surface area contributed by atoms with E-state index in [1.54, 1.807) is 13.0 Å². The third kappa shape index (κ3) is 1.78. The van der Waals surface area contributed by atoms with E-state index < -0.39 is 11.9 Å².